The quantitative estimate of drug-likeness (QED) is 0.551. The number of hydrogen-bond acceptors (Lipinski definition) is 1. The van der Waals surface area contributed by atoms with Crippen LogP contribution < -0.4 is 0 Å². The van der Waals surface area contributed by atoms with Gasteiger partial charge in [0, 0.05) is 6.42 Å². The molecule has 1 heteroatoms. The first kappa shape index (κ1) is 9.41. The molecule has 58 valence electrons. The zero-order chi connectivity index (χ0) is 8.15. The monoisotopic (exact) mass is 140 g/mol. The number of hydrogen-bond donors (Lipinski definition) is 0. The molecule has 0 aromatic rings. The molecule has 0 heterocycles. The van der Waals surface area contributed by atoms with Crippen LogP contribution in [0.15, 0.2) is 11.6 Å². The highest BCUT2D eigenvalue weighted by molar-refractivity contribution is 5.77. The van der Waals surface area contributed by atoms with Gasteiger partial charge in [0.2, 0.25) is 0 Å². The Morgan fingerprint density at radius 3 is 2.20 bits per heavy atom. The average Bonchev–Trinajstić information content (AvgIpc) is 1.82. The van der Waals surface area contributed by atoms with E-state index < -0.39 is 0 Å². The van der Waals surface area contributed by atoms with E-state index in [1.54, 1.807) is 6.92 Å². The summed E-state index contributed by atoms with van der Waals surface area (Å²) in [5.41, 5.74) is 1.30. The van der Waals surface area contributed by atoms with Gasteiger partial charge in [-0.05, 0) is 19.8 Å². The van der Waals surface area contributed by atoms with E-state index in [1.165, 1.54) is 5.57 Å². The maximum absolute atomic E-state index is 10.5. The summed E-state index contributed by atoms with van der Waals surface area (Å²) >= 11 is 0. The summed E-state index contributed by atoms with van der Waals surface area (Å²) in [6, 6.07) is 0. The molecule has 0 aliphatic heterocycles. The van der Waals surface area contributed by atoms with Gasteiger partial charge in [-0.15, -0.1) is 0 Å². The van der Waals surface area contributed by atoms with Crippen LogP contribution in [-0.2, 0) is 4.79 Å². The summed E-state index contributed by atoms with van der Waals surface area (Å²) in [6.45, 7) is 7.94. The number of ketones is 1. The predicted molar refractivity (Wildman–Crippen MR) is 43.9 cm³/mol. The second-order valence-corrected chi connectivity index (χ2v) is 3.01. The predicted octanol–water partition coefficient (Wildman–Crippen LogP) is 2.57. The van der Waals surface area contributed by atoms with E-state index in [0.29, 0.717) is 12.3 Å². The van der Waals surface area contributed by atoms with Crippen LogP contribution in [0.5, 0.6) is 0 Å². The molecule has 0 saturated heterocycles. The number of carbonyl (C=O) groups excluding carboxylic acids is 1. The molecule has 0 radical (unpaired) electrons. The van der Waals surface area contributed by atoms with Crippen molar-refractivity contribution in [3.63, 3.8) is 0 Å². The minimum atomic E-state index is 0.236. The summed E-state index contributed by atoms with van der Waals surface area (Å²) in [5.74, 6) is 0.805. The van der Waals surface area contributed by atoms with Gasteiger partial charge >= 0.3 is 0 Å². The van der Waals surface area contributed by atoms with Crippen LogP contribution in [-0.4, -0.2) is 5.78 Å². The Morgan fingerprint density at radius 2 is 1.90 bits per heavy atom. The number of carbonyl (C=O) groups is 1. The van der Waals surface area contributed by atoms with Gasteiger partial charge in [-0.1, -0.05) is 25.5 Å². The van der Waals surface area contributed by atoms with E-state index in [1.807, 2.05) is 6.08 Å². The Labute approximate surface area is 63.1 Å². The second-order valence-electron chi connectivity index (χ2n) is 3.01. The van der Waals surface area contributed by atoms with Crippen LogP contribution in [0.3, 0.4) is 0 Å². The Hall–Kier alpha value is -0.590. The molecule has 0 unspecified atom stereocenters. The highest BCUT2D eigenvalue weighted by Gasteiger charge is 1.95. The van der Waals surface area contributed by atoms with Crippen LogP contribution in [0.2, 0.25) is 0 Å². The number of allylic oxidation sites excluding steroid dienone is 2. The largest absolute Gasteiger partial charge is 0.300 e. The zero-order valence-electron chi connectivity index (χ0n) is 7.27. The van der Waals surface area contributed by atoms with Crippen LogP contribution in [0.1, 0.15) is 34.1 Å². The molecule has 0 saturated carbocycles. The number of Topliss-reactive ketones (excluding diaryl/α,β-unsaturated/α-hetero) is 1. The normalized spacial score (nSPS) is 12.3. The fraction of sp³-hybridized carbons (Fsp3) is 0.667. The number of rotatable bonds is 3. The van der Waals surface area contributed by atoms with Crippen molar-refractivity contribution in [2.45, 2.75) is 34.1 Å². The smallest absolute Gasteiger partial charge is 0.133 e. The van der Waals surface area contributed by atoms with E-state index in [2.05, 4.69) is 20.8 Å². The molecule has 0 spiro atoms. The summed E-state index contributed by atoms with van der Waals surface area (Å²) in [4.78, 5) is 10.5. The van der Waals surface area contributed by atoms with Gasteiger partial charge in [0.25, 0.3) is 0 Å². The van der Waals surface area contributed by atoms with Crippen molar-refractivity contribution in [3.05, 3.63) is 11.6 Å². The Kier molecular flexibility index (Phi) is 4.01. The topological polar surface area (TPSA) is 17.1 Å². The summed E-state index contributed by atoms with van der Waals surface area (Å²) in [7, 11) is 0. The highest BCUT2D eigenvalue weighted by atomic mass is 16.1. The fourth-order valence-electron chi connectivity index (χ4n) is 0.540. The van der Waals surface area contributed by atoms with Crippen molar-refractivity contribution >= 4 is 5.78 Å². The van der Waals surface area contributed by atoms with E-state index in [-0.39, 0.29) is 5.78 Å². The molecule has 0 aromatic heterocycles. The van der Waals surface area contributed by atoms with Gasteiger partial charge < -0.3 is 0 Å². The molecule has 0 atom stereocenters. The standard InChI is InChI=1S/C9H16O/c1-7(2)8(3)5-6-9(4)10/h5,7H,6H2,1-4H3. The van der Waals surface area contributed by atoms with Crippen LogP contribution in [0.4, 0.5) is 0 Å². The minimum absolute atomic E-state index is 0.236. The van der Waals surface area contributed by atoms with Gasteiger partial charge in [-0.2, -0.15) is 0 Å². The minimum Gasteiger partial charge on any atom is -0.300 e. The molecule has 0 aliphatic carbocycles. The summed E-state index contributed by atoms with van der Waals surface area (Å²) in [5, 5.41) is 0. The van der Waals surface area contributed by atoms with Gasteiger partial charge in [0.15, 0.2) is 0 Å². The van der Waals surface area contributed by atoms with E-state index in [4.69, 9.17) is 0 Å². The SMILES string of the molecule is CC(=O)CC=C(C)C(C)C. The van der Waals surface area contributed by atoms with Crippen LogP contribution >= 0.6 is 0 Å². The van der Waals surface area contributed by atoms with Crippen molar-refractivity contribution < 1.29 is 4.79 Å². The lowest BCUT2D eigenvalue weighted by molar-refractivity contribution is -0.116. The molecule has 0 bridgehead atoms. The molecule has 0 fully saturated rings. The lowest BCUT2D eigenvalue weighted by Gasteiger charge is -2.02. The summed E-state index contributed by atoms with van der Waals surface area (Å²) < 4.78 is 0. The Bertz CT molecular complexity index is 143. The van der Waals surface area contributed by atoms with Crippen LogP contribution in [0, 0.1) is 5.92 Å². The van der Waals surface area contributed by atoms with Crippen molar-refractivity contribution in [2.75, 3.05) is 0 Å². The summed E-state index contributed by atoms with van der Waals surface area (Å²) in [6.07, 6.45) is 2.59. The first-order chi connectivity index (χ1) is 4.54. The molecular weight excluding hydrogens is 124 g/mol. The maximum atomic E-state index is 10.5. The molecule has 0 aromatic carbocycles. The lowest BCUT2D eigenvalue weighted by atomic mass is 10.0. The van der Waals surface area contributed by atoms with Gasteiger partial charge in [0.1, 0.15) is 5.78 Å². The maximum Gasteiger partial charge on any atom is 0.133 e. The van der Waals surface area contributed by atoms with Gasteiger partial charge in [-0.25, -0.2) is 0 Å². The second kappa shape index (κ2) is 4.26. The zero-order valence-corrected chi connectivity index (χ0v) is 7.27. The first-order valence-corrected chi connectivity index (χ1v) is 3.70. The lowest BCUT2D eigenvalue weighted by Crippen LogP contribution is -1.91. The van der Waals surface area contributed by atoms with Gasteiger partial charge in [0.05, 0.1) is 0 Å². The molecule has 0 aliphatic rings. The van der Waals surface area contributed by atoms with E-state index in [9.17, 15) is 4.79 Å². The van der Waals surface area contributed by atoms with E-state index in [0.717, 1.165) is 0 Å². The fourth-order valence-corrected chi connectivity index (χ4v) is 0.540. The van der Waals surface area contributed by atoms with E-state index >= 15 is 0 Å². The van der Waals surface area contributed by atoms with Crippen molar-refractivity contribution in [1.82, 2.24) is 0 Å². The van der Waals surface area contributed by atoms with Crippen molar-refractivity contribution in [3.8, 4) is 0 Å². The molecule has 0 rings (SSSR count). The average molecular weight is 140 g/mol. The van der Waals surface area contributed by atoms with Gasteiger partial charge in [-0.3, -0.25) is 4.79 Å². The molecule has 0 amide bonds. The van der Waals surface area contributed by atoms with Crippen molar-refractivity contribution in [1.29, 1.82) is 0 Å². The molecular formula is C9H16O. The highest BCUT2D eigenvalue weighted by Crippen LogP contribution is 2.08. The first-order valence-electron chi connectivity index (χ1n) is 3.70. The molecule has 10 heavy (non-hydrogen) atoms. The third-order valence-corrected chi connectivity index (χ3v) is 1.62. The Balaban J connectivity index is 3.80. The Morgan fingerprint density at radius 1 is 1.40 bits per heavy atom. The molecule has 0 N–H and O–H groups in total. The third-order valence-electron chi connectivity index (χ3n) is 1.62. The van der Waals surface area contributed by atoms with Crippen LogP contribution in [0.25, 0.3) is 0 Å². The molecule has 1 nitrogen and oxygen atoms in total. The van der Waals surface area contributed by atoms with Crippen molar-refractivity contribution in [2.24, 2.45) is 5.92 Å². The third kappa shape index (κ3) is 4.30.